The van der Waals surface area contributed by atoms with Gasteiger partial charge in [-0.15, -0.1) is 10.2 Å². The highest BCUT2D eigenvalue weighted by atomic mass is 35.5. The Kier molecular flexibility index (Phi) is 6.26. The molecule has 0 aliphatic heterocycles. The first-order valence-corrected chi connectivity index (χ1v) is 9.48. The molecule has 0 saturated heterocycles. The molecule has 0 aliphatic carbocycles. The topological polar surface area (TPSA) is 76.1 Å². The highest BCUT2D eigenvalue weighted by molar-refractivity contribution is 7.15. The van der Waals surface area contributed by atoms with Gasteiger partial charge in [0, 0.05) is 24.9 Å². The third-order valence-electron chi connectivity index (χ3n) is 3.75. The molecule has 27 heavy (non-hydrogen) atoms. The van der Waals surface area contributed by atoms with Crippen LogP contribution in [-0.4, -0.2) is 23.2 Å². The lowest BCUT2D eigenvalue weighted by molar-refractivity contribution is -0.114. The molecule has 0 spiro atoms. The summed E-state index contributed by atoms with van der Waals surface area (Å²) in [6.45, 7) is 2.03. The van der Waals surface area contributed by atoms with Gasteiger partial charge >= 0.3 is 0 Å². The molecule has 140 valence electrons. The molecule has 3 rings (SSSR count). The van der Waals surface area contributed by atoms with Crippen LogP contribution in [0.5, 0.6) is 5.75 Å². The largest absolute Gasteiger partial charge is 0.495 e. The maximum Gasteiger partial charge on any atom is 0.221 e. The van der Waals surface area contributed by atoms with E-state index >= 15 is 0 Å². The van der Waals surface area contributed by atoms with Crippen LogP contribution < -0.4 is 15.4 Å². The van der Waals surface area contributed by atoms with Crippen LogP contribution in [0.15, 0.2) is 42.5 Å². The number of hydrogen-bond acceptors (Lipinski definition) is 6. The summed E-state index contributed by atoms with van der Waals surface area (Å²) in [4.78, 5) is 11.3. The fraction of sp³-hybridized carbons (Fsp3) is 0.211. The van der Waals surface area contributed by atoms with Crippen LogP contribution >= 0.6 is 22.9 Å². The molecule has 1 amide bonds. The van der Waals surface area contributed by atoms with E-state index in [2.05, 4.69) is 20.8 Å². The number of methoxy groups -OCH3 is 1. The molecule has 6 nitrogen and oxygen atoms in total. The van der Waals surface area contributed by atoms with Gasteiger partial charge in [0.25, 0.3) is 0 Å². The Labute approximate surface area is 166 Å². The van der Waals surface area contributed by atoms with Crippen LogP contribution in [0, 0.1) is 0 Å². The van der Waals surface area contributed by atoms with Gasteiger partial charge < -0.3 is 15.4 Å². The van der Waals surface area contributed by atoms with Crippen LogP contribution in [-0.2, 0) is 17.8 Å². The van der Waals surface area contributed by atoms with Crippen LogP contribution in [0.25, 0.3) is 0 Å². The zero-order valence-electron chi connectivity index (χ0n) is 15.0. The van der Waals surface area contributed by atoms with Crippen molar-refractivity contribution in [2.45, 2.75) is 19.9 Å². The van der Waals surface area contributed by atoms with E-state index in [0.717, 1.165) is 26.3 Å². The third kappa shape index (κ3) is 5.42. The number of nitrogens with one attached hydrogen (secondary N) is 2. The number of anilines is 2. The van der Waals surface area contributed by atoms with E-state index in [9.17, 15) is 4.79 Å². The van der Waals surface area contributed by atoms with Crippen molar-refractivity contribution < 1.29 is 9.53 Å². The van der Waals surface area contributed by atoms with E-state index in [-0.39, 0.29) is 5.91 Å². The van der Waals surface area contributed by atoms with Crippen molar-refractivity contribution in [3.8, 4) is 5.75 Å². The van der Waals surface area contributed by atoms with Crippen LogP contribution in [0.3, 0.4) is 0 Å². The van der Waals surface area contributed by atoms with Crippen molar-refractivity contribution in [1.82, 2.24) is 10.2 Å². The Morgan fingerprint density at radius 1 is 1.15 bits per heavy atom. The Balaban J connectivity index is 1.62. The van der Waals surface area contributed by atoms with E-state index in [0.29, 0.717) is 24.4 Å². The van der Waals surface area contributed by atoms with Gasteiger partial charge in [0.15, 0.2) is 0 Å². The van der Waals surface area contributed by atoms with E-state index in [4.69, 9.17) is 16.3 Å². The molecule has 0 fully saturated rings. The maximum absolute atomic E-state index is 11.3. The highest BCUT2D eigenvalue weighted by Gasteiger charge is 2.08. The molecule has 1 aromatic heterocycles. The Bertz CT molecular complexity index is 928. The molecule has 2 N–H and O–H groups in total. The Hall–Kier alpha value is -2.64. The molecule has 8 heteroatoms. The minimum absolute atomic E-state index is 0.144. The lowest BCUT2D eigenvalue weighted by Crippen LogP contribution is -2.08. The van der Waals surface area contributed by atoms with E-state index in [1.807, 2.05) is 42.5 Å². The number of carbonyl (C=O) groups excluding carboxylic acids is 1. The Morgan fingerprint density at radius 3 is 2.59 bits per heavy atom. The van der Waals surface area contributed by atoms with Gasteiger partial charge in [-0.3, -0.25) is 4.79 Å². The van der Waals surface area contributed by atoms with Crippen molar-refractivity contribution in [3.05, 3.63) is 63.6 Å². The summed E-state index contributed by atoms with van der Waals surface area (Å²) >= 11 is 7.42. The first-order valence-electron chi connectivity index (χ1n) is 8.28. The number of nitrogens with zero attached hydrogens (tertiary/aromatic N) is 2. The number of rotatable bonds is 7. The first kappa shape index (κ1) is 19.1. The number of carbonyl (C=O) groups is 1. The summed E-state index contributed by atoms with van der Waals surface area (Å²) in [5.41, 5.74) is 2.77. The normalized spacial score (nSPS) is 10.5. The van der Waals surface area contributed by atoms with Gasteiger partial charge in [0.2, 0.25) is 11.0 Å². The van der Waals surface area contributed by atoms with Crippen LogP contribution in [0.2, 0.25) is 5.02 Å². The first-order chi connectivity index (χ1) is 13.0. The fourth-order valence-corrected chi connectivity index (χ4v) is 3.40. The van der Waals surface area contributed by atoms with E-state index in [1.54, 1.807) is 7.11 Å². The molecule has 0 atom stereocenters. The maximum atomic E-state index is 11.3. The molecular formula is C19H19ClN4O2S. The van der Waals surface area contributed by atoms with Crippen molar-refractivity contribution in [2.75, 3.05) is 17.7 Å². The average Bonchev–Trinajstić information content (AvgIpc) is 3.09. The van der Waals surface area contributed by atoms with Gasteiger partial charge in [-0.1, -0.05) is 41.1 Å². The van der Waals surface area contributed by atoms with Crippen molar-refractivity contribution in [1.29, 1.82) is 0 Å². The number of halogens is 1. The van der Waals surface area contributed by atoms with Gasteiger partial charge in [-0.25, -0.2) is 0 Å². The quantitative estimate of drug-likeness (QED) is 0.614. The molecule has 0 bridgehead atoms. The molecule has 0 unspecified atom stereocenters. The van der Waals surface area contributed by atoms with Crippen molar-refractivity contribution >= 4 is 39.7 Å². The summed E-state index contributed by atoms with van der Waals surface area (Å²) in [6.07, 6.45) is 0.714. The second kappa shape index (κ2) is 8.83. The molecular weight excluding hydrogens is 384 g/mol. The Morgan fingerprint density at radius 2 is 1.89 bits per heavy atom. The van der Waals surface area contributed by atoms with Crippen LogP contribution in [0.1, 0.15) is 23.1 Å². The SMILES string of the molecule is COc1ccc(CNc2nnc(Cc3ccc(Cl)cc3)s2)cc1NC(C)=O. The van der Waals surface area contributed by atoms with Crippen molar-refractivity contribution in [2.24, 2.45) is 0 Å². The molecule has 0 aliphatic rings. The lowest BCUT2D eigenvalue weighted by Gasteiger charge is -2.11. The summed E-state index contributed by atoms with van der Waals surface area (Å²) in [6, 6.07) is 13.3. The summed E-state index contributed by atoms with van der Waals surface area (Å²) < 4.78 is 5.27. The van der Waals surface area contributed by atoms with E-state index in [1.165, 1.54) is 18.3 Å². The minimum Gasteiger partial charge on any atom is -0.495 e. The fourth-order valence-electron chi connectivity index (χ4n) is 2.50. The summed E-state index contributed by atoms with van der Waals surface area (Å²) in [5, 5.41) is 16.8. The summed E-state index contributed by atoms with van der Waals surface area (Å²) in [5.74, 6) is 0.476. The van der Waals surface area contributed by atoms with Crippen molar-refractivity contribution in [3.63, 3.8) is 0 Å². The second-order valence-electron chi connectivity index (χ2n) is 5.87. The van der Waals surface area contributed by atoms with Crippen LogP contribution in [0.4, 0.5) is 10.8 Å². The monoisotopic (exact) mass is 402 g/mol. The molecule has 0 saturated carbocycles. The molecule has 0 radical (unpaired) electrons. The zero-order chi connectivity index (χ0) is 19.2. The standard InChI is InChI=1S/C19H19ClN4O2S/c1-12(25)22-16-9-14(5-8-17(16)26-2)11-21-19-24-23-18(27-19)10-13-3-6-15(20)7-4-13/h3-9H,10-11H2,1-2H3,(H,21,24)(H,22,25). The number of aromatic nitrogens is 2. The van der Waals surface area contributed by atoms with Gasteiger partial charge in [0.05, 0.1) is 12.8 Å². The summed E-state index contributed by atoms with van der Waals surface area (Å²) in [7, 11) is 1.57. The zero-order valence-corrected chi connectivity index (χ0v) is 16.5. The third-order valence-corrected chi connectivity index (χ3v) is 4.89. The molecule has 1 heterocycles. The van der Waals surface area contributed by atoms with Gasteiger partial charge in [-0.2, -0.15) is 0 Å². The highest BCUT2D eigenvalue weighted by Crippen LogP contribution is 2.26. The second-order valence-corrected chi connectivity index (χ2v) is 7.37. The minimum atomic E-state index is -0.144. The number of benzene rings is 2. The molecule has 3 aromatic rings. The predicted molar refractivity (Wildman–Crippen MR) is 109 cm³/mol. The number of amides is 1. The van der Waals surface area contributed by atoms with Gasteiger partial charge in [-0.05, 0) is 35.4 Å². The van der Waals surface area contributed by atoms with Gasteiger partial charge in [0.1, 0.15) is 10.8 Å². The smallest absolute Gasteiger partial charge is 0.221 e. The predicted octanol–water partition coefficient (Wildman–Crippen LogP) is 4.36. The lowest BCUT2D eigenvalue weighted by atomic mass is 10.2. The van der Waals surface area contributed by atoms with E-state index < -0.39 is 0 Å². The number of hydrogen-bond donors (Lipinski definition) is 2. The average molecular weight is 403 g/mol. The molecule has 2 aromatic carbocycles. The number of ether oxygens (including phenoxy) is 1.